The number of carbonyl (C=O) groups excluding carboxylic acids is 2. The van der Waals surface area contributed by atoms with Crippen LogP contribution < -0.4 is 20.1 Å². The number of amides is 2. The van der Waals surface area contributed by atoms with Gasteiger partial charge in [-0.15, -0.1) is 0 Å². The number of para-hydroxylation sites is 2. The topological polar surface area (TPSA) is 76.7 Å². The SMILES string of the molecule is CC(C)Oc1ccccc1C(=O)Nc1ccc(C2(c3ccc(NC(=O)c4ccccc4OC(C)C)cc3)c3ccccc3-c3ccccc32)cc1. The summed E-state index contributed by atoms with van der Waals surface area (Å²) < 4.78 is 11.8. The van der Waals surface area contributed by atoms with E-state index in [9.17, 15) is 9.59 Å². The molecule has 6 aromatic carbocycles. The van der Waals surface area contributed by atoms with Gasteiger partial charge in [0.1, 0.15) is 11.5 Å². The van der Waals surface area contributed by atoms with Gasteiger partial charge in [-0.05, 0) is 110 Å². The van der Waals surface area contributed by atoms with Gasteiger partial charge in [0, 0.05) is 11.4 Å². The molecule has 6 nitrogen and oxygen atoms in total. The second kappa shape index (κ2) is 14.0. The van der Waals surface area contributed by atoms with E-state index >= 15 is 0 Å². The molecule has 0 aromatic heterocycles. The average Bonchev–Trinajstić information content (AvgIpc) is 3.43. The summed E-state index contributed by atoms with van der Waals surface area (Å²) in [7, 11) is 0. The second-order valence-corrected chi connectivity index (χ2v) is 13.2. The van der Waals surface area contributed by atoms with Crippen LogP contribution in [0.5, 0.6) is 11.5 Å². The quantitative estimate of drug-likeness (QED) is 0.152. The fourth-order valence-electron chi connectivity index (χ4n) is 7.05. The number of carbonyl (C=O) groups is 2. The fourth-order valence-corrected chi connectivity index (χ4v) is 7.05. The molecule has 0 spiro atoms. The van der Waals surface area contributed by atoms with Crippen molar-refractivity contribution in [3.05, 3.63) is 179 Å². The van der Waals surface area contributed by atoms with Crippen molar-refractivity contribution in [1.29, 1.82) is 0 Å². The highest BCUT2D eigenvalue weighted by Gasteiger charge is 2.45. The van der Waals surface area contributed by atoms with E-state index in [0.29, 0.717) is 34.0 Å². The van der Waals surface area contributed by atoms with Crippen molar-refractivity contribution in [2.45, 2.75) is 45.3 Å². The summed E-state index contributed by atoms with van der Waals surface area (Å²) in [5.41, 5.74) is 8.46. The lowest BCUT2D eigenvalue weighted by Gasteiger charge is -2.34. The van der Waals surface area contributed by atoms with Crippen molar-refractivity contribution < 1.29 is 19.1 Å². The molecule has 0 saturated heterocycles. The highest BCUT2D eigenvalue weighted by Crippen LogP contribution is 2.56. The molecule has 6 aromatic rings. The summed E-state index contributed by atoms with van der Waals surface area (Å²) in [5, 5.41) is 6.13. The highest BCUT2D eigenvalue weighted by molar-refractivity contribution is 6.07. The number of hydrogen-bond acceptors (Lipinski definition) is 4. The molecule has 51 heavy (non-hydrogen) atoms. The van der Waals surface area contributed by atoms with Crippen molar-refractivity contribution in [2.24, 2.45) is 0 Å². The molecular weight excluding hydrogens is 633 g/mol. The number of fused-ring (bicyclic) bond motifs is 3. The molecule has 0 radical (unpaired) electrons. The maximum atomic E-state index is 13.4. The van der Waals surface area contributed by atoms with Gasteiger partial charge in [-0.3, -0.25) is 9.59 Å². The predicted molar refractivity (Wildman–Crippen MR) is 204 cm³/mol. The Balaban J connectivity index is 1.25. The van der Waals surface area contributed by atoms with E-state index in [1.807, 2.05) is 88.4 Å². The number of rotatable bonds is 10. The van der Waals surface area contributed by atoms with Crippen molar-refractivity contribution in [2.75, 3.05) is 10.6 Å². The lowest BCUT2D eigenvalue weighted by Crippen LogP contribution is -2.28. The summed E-state index contributed by atoms with van der Waals surface area (Å²) in [6, 6.07) is 47.8. The second-order valence-electron chi connectivity index (χ2n) is 13.2. The third kappa shape index (κ3) is 6.37. The molecule has 0 atom stereocenters. The first-order valence-electron chi connectivity index (χ1n) is 17.3. The summed E-state index contributed by atoms with van der Waals surface area (Å²) in [5.74, 6) is 0.627. The lowest BCUT2D eigenvalue weighted by molar-refractivity contribution is 0.101. The van der Waals surface area contributed by atoms with Crippen LogP contribution >= 0.6 is 0 Å². The molecule has 0 unspecified atom stereocenters. The Morgan fingerprint density at radius 2 is 0.824 bits per heavy atom. The zero-order chi connectivity index (χ0) is 35.5. The average molecular weight is 673 g/mol. The molecular formula is C45H40N2O4. The van der Waals surface area contributed by atoms with Gasteiger partial charge < -0.3 is 20.1 Å². The molecule has 0 heterocycles. The number of hydrogen-bond donors (Lipinski definition) is 2. The van der Waals surface area contributed by atoms with Gasteiger partial charge in [0.15, 0.2) is 0 Å². The number of nitrogens with one attached hydrogen (secondary N) is 2. The van der Waals surface area contributed by atoms with E-state index in [-0.39, 0.29) is 24.0 Å². The van der Waals surface area contributed by atoms with E-state index < -0.39 is 5.41 Å². The molecule has 2 N–H and O–H groups in total. The van der Waals surface area contributed by atoms with Crippen molar-refractivity contribution >= 4 is 23.2 Å². The summed E-state index contributed by atoms with van der Waals surface area (Å²) in [6.07, 6.45) is -0.115. The summed E-state index contributed by atoms with van der Waals surface area (Å²) >= 11 is 0. The fraction of sp³-hybridized carbons (Fsp3) is 0.156. The Labute approximate surface area is 299 Å². The monoisotopic (exact) mass is 672 g/mol. The minimum absolute atomic E-state index is 0.0574. The molecule has 7 rings (SSSR count). The molecule has 0 fully saturated rings. The van der Waals surface area contributed by atoms with Gasteiger partial charge in [-0.2, -0.15) is 0 Å². The Morgan fingerprint density at radius 1 is 0.471 bits per heavy atom. The van der Waals surface area contributed by atoms with Gasteiger partial charge >= 0.3 is 0 Å². The zero-order valence-electron chi connectivity index (χ0n) is 29.1. The Bertz CT molecular complexity index is 2050. The number of anilines is 2. The van der Waals surface area contributed by atoms with Crippen LogP contribution in [0, 0.1) is 0 Å². The van der Waals surface area contributed by atoms with Crippen LogP contribution in [0.25, 0.3) is 11.1 Å². The third-order valence-electron chi connectivity index (χ3n) is 9.09. The first-order valence-corrected chi connectivity index (χ1v) is 17.3. The minimum Gasteiger partial charge on any atom is -0.490 e. The van der Waals surface area contributed by atoms with Crippen LogP contribution in [0.3, 0.4) is 0 Å². The van der Waals surface area contributed by atoms with Crippen LogP contribution in [-0.2, 0) is 5.41 Å². The van der Waals surface area contributed by atoms with Crippen molar-refractivity contribution in [3.8, 4) is 22.6 Å². The minimum atomic E-state index is -0.645. The van der Waals surface area contributed by atoms with Gasteiger partial charge in [0.2, 0.25) is 0 Å². The number of ether oxygens (including phenoxy) is 2. The predicted octanol–water partition coefficient (Wildman–Crippen LogP) is 10.1. The van der Waals surface area contributed by atoms with Crippen LogP contribution in [0.15, 0.2) is 146 Å². The Kier molecular flexibility index (Phi) is 9.16. The first-order chi connectivity index (χ1) is 24.8. The van der Waals surface area contributed by atoms with Crippen molar-refractivity contribution in [1.82, 2.24) is 0 Å². The zero-order valence-corrected chi connectivity index (χ0v) is 29.1. The van der Waals surface area contributed by atoms with Crippen molar-refractivity contribution in [3.63, 3.8) is 0 Å². The molecule has 0 saturated carbocycles. The third-order valence-corrected chi connectivity index (χ3v) is 9.09. The number of benzene rings is 6. The normalized spacial score (nSPS) is 12.6. The first kappa shape index (κ1) is 33.4. The smallest absolute Gasteiger partial charge is 0.259 e. The highest BCUT2D eigenvalue weighted by atomic mass is 16.5. The molecule has 1 aliphatic rings. The molecule has 6 heteroatoms. The van der Waals surface area contributed by atoms with Crippen LogP contribution in [0.2, 0.25) is 0 Å². The van der Waals surface area contributed by atoms with Crippen LogP contribution in [0.1, 0.15) is 70.7 Å². The van der Waals surface area contributed by atoms with E-state index in [4.69, 9.17) is 9.47 Å². The summed E-state index contributed by atoms with van der Waals surface area (Å²) in [4.78, 5) is 26.8. The molecule has 0 bridgehead atoms. The summed E-state index contributed by atoms with van der Waals surface area (Å²) in [6.45, 7) is 7.76. The van der Waals surface area contributed by atoms with Gasteiger partial charge in [0.05, 0.1) is 28.7 Å². The molecule has 1 aliphatic carbocycles. The van der Waals surface area contributed by atoms with Gasteiger partial charge in [-0.25, -0.2) is 0 Å². The molecule has 2 amide bonds. The molecule has 0 aliphatic heterocycles. The standard InChI is InChI=1S/C45H40N2O4/c1-29(2)50-41-19-11-7-15-37(41)43(48)46-33-25-21-31(22-26-33)45(39-17-9-5-13-35(39)36-14-6-10-18-40(36)45)32-23-27-34(28-24-32)47-44(49)38-16-8-12-20-42(38)51-30(3)4/h5-30H,1-4H3,(H,46,48)(H,47,49). The van der Waals surface area contributed by atoms with Crippen LogP contribution in [0.4, 0.5) is 11.4 Å². The van der Waals surface area contributed by atoms with E-state index in [0.717, 1.165) is 11.1 Å². The van der Waals surface area contributed by atoms with E-state index in [1.165, 1.54) is 22.3 Å². The van der Waals surface area contributed by atoms with Gasteiger partial charge in [0.25, 0.3) is 11.8 Å². The largest absolute Gasteiger partial charge is 0.490 e. The van der Waals surface area contributed by atoms with Crippen LogP contribution in [-0.4, -0.2) is 24.0 Å². The van der Waals surface area contributed by atoms with Gasteiger partial charge in [-0.1, -0.05) is 97.1 Å². The maximum absolute atomic E-state index is 13.4. The Hall–Kier alpha value is -6.14. The maximum Gasteiger partial charge on any atom is 0.259 e. The van der Waals surface area contributed by atoms with E-state index in [1.54, 1.807) is 12.1 Å². The molecule has 254 valence electrons. The Morgan fingerprint density at radius 3 is 1.22 bits per heavy atom. The van der Waals surface area contributed by atoms with E-state index in [2.05, 4.69) is 83.4 Å². The lowest BCUT2D eigenvalue weighted by atomic mass is 9.67.